The summed E-state index contributed by atoms with van der Waals surface area (Å²) in [6.45, 7) is 2.09. The van der Waals surface area contributed by atoms with Crippen molar-refractivity contribution in [2.75, 3.05) is 6.26 Å². The first-order chi connectivity index (χ1) is 9.28. The van der Waals surface area contributed by atoms with Crippen LogP contribution in [0.2, 0.25) is 0 Å². The second-order valence-electron chi connectivity index (χ2n) is 4.44. The molecule has 2 nitrogen and oxygen atoms in total. The van der Waals surface area contributed by atoms with Gasteiger partial charge in [0.1, 0.15) is 10.7 Å². The van der Waals surface area contributed by atoms with Gasteiger partial charge in [0, 0.05) is 5.56 Å². The second-order valence-corrected chi connectivity index (χ2v) is 5.23. The molecule has 0 aliphatic carbocycles. The maximum Gasteiger partial charge on any atom is 0.123 e. The number of aromatic nitrogens is 2. The van der Waals surface area contributed by atoms with Crippen LogP contribution in [-0.4, -0.2) is 16.2 Å². The molecule has 94 valence electrons. The minimum Gasteiger partial charge on any atom is -0.243 e. The summed E-state index contributed by atoms with van der Waals surface area (Å²) in [6.07, 6.45) is 2.04. The van der Waals surface area contributed by atoms with Gasteiger partial charge in [-0.1, -0.05) is 42.0 Å². The van der Waals surface area contributed by atoms with E-state index in [2.05, 4.69) is 31.2 Å². The molecule has 0 saturated carbocycles. The molecule has 19 heavy (non-hydrogen) atoms. The van der Waals surface area contributed by atoms with Gasteiger partial charge in [-0.05, 0) is 25.3 Å². The van der Waals surface area contributed by atoms with Crippen LogP contribution in [-0.2, 0) is 0 Å². The van der Waals surface area contributed by atoms with Crippen LogP contribution in [0.15, 0.2) is 53.6 Å². The number of benzene rings is 2. The van der Waals surface area contributed by atoms with Crippen molar-refractivity contribution in [3.8, 4) is 11.3 Å². The van der Waals surface area contributed by atoms with Gasteiger partial charge in [-0.15, -0.1) is 11.8 Å². The van der Waals surface area contributed by atoms with Gasteiger partial charge in [0.2, 0.25) is 0 Å². The molecule has 3 rings (SSSR count). The van der Waals surface area contributed by atoms with E-state index >= 15 is 0 Å². The molecule has 0 amide bonds. The molecule has 3 heteroatoms. The number of aryl methyl sites for hydroxylation is 1. The first kappa shape index (κ1) is 12.2. The van der Waals surface area contributed by atoms with Crippen molar-refractivity contribution in [3.05, 3.63) is 54.1 Å². The monoisotopic (exact) mass is 266 g/mol. The van der Waals surface area contributed by atoms with Gasteiger partial charge in [0.25, 0.3) is 0 Å². The maximum absolute atomic E-state index is 4.76. The van der Waals surface area contributed by atoms with Crippen LogP contribution in [0.25, 0.3) is 22.3 Å². The van der Waals surface area contributed by atoms with Crippen molar-refractivity contribution in [1.29, 1.82) is 0 Å². The molecule has 0 unspecified atom stereocenters. The van der Waals surface area contributed by atoms with E-state index in [1.807, 2.05) is 30.5 Å². The second kappa shape index (κ2) is 5.02. The van der Waals surface area contributed by atoms with Crippen LogP contribution in [0.4, 0.5) is 0 Å². The minimum absolute atomic E-state index is 0.941. The average molecular weight is 266 g/mol. The average Bonchev–Trinajstić information content (AvgIpc) is 2.46. The van der Waals surface area contributed by atoms with E-state index in [4.69, 9.17) is 9.97 Å². The summed E-state index contributed by atoms with van der Waals surface area (Å²) in [5.41, 5.74) is 5.22. The first-order valence-corrected chi connectivity index (χ1v) is 7.38. The fourth-order valence-electron chi connectivity index (χ4n) is 2.03. The van der Waals surface area contributed by atoms with Crippen molar-refractivity contribution >= 4 is 22.8 Å². The van der Waals surface area contributed by atoms with Gasteiger partial charge in [0.05, 0.1) is 11.0 Å². The van der Waals surface area contributed by atoms with Crippen LogP contribution in [0, 0.1) is 6.92 Å². The van der Waals surface area contributed by atoms with Crippen molar-refractivity contribution in [2.45, 2.75) is 11.9 Å². The molecule has 0 saturated heterocycles. The summed E-state index contributed by atoms with van der Waals surface area (Å²) in [6, 6.07) is 16.4. The van der Waals surface area contributed by atoms with E-state index in [1.54, 1.807) is 11.8 Å². The molecule has 0 N–H and O–H groups in total. The van der Waals surface area contributed by atoms with Gasteiger partial charge < -0.3 is 0 Å². The zero-order valence-electron chi connectivity index (χ0n) is 10.9. The Morgan fingerprint density at radius 1 is 0.842 bits per heavy atom. The molecule has 1 heterocycles. The number of rotatable bonds is 2. The largest absolute Gasteiger partial charge is 0.243 e. The van der Waals surface area contributed by atoms with Crippen molar-refractivity contribution in [2.24, 2.45) is 0 Å². The first-order valence-electron chi connectivity index (χ1n) is 6.16. The third-order valence-electron chi connectivity index (χ3n) is 3.06. The van der Waals surface area contributed by atoms with Crippen molar-refractivity contribution < 1.29 is 0 Å². The van der Waals surface area contributed by atoms with Crippen molar-refractivity contribution in [1.82, 2.24) is 9.97 Å². The molecule has 3 aromatic rings. The standard InChI is InChI=1S/C16H14N2S/c1-11-7-9-12(10-8-11)15-16(19-2)18-14-6-4-3-5-13(14)17-15/h3-10H,1-2H3. The highest BCUT2D eigenvalue weighted by molar-refractivity contribution is 7.98. The highest BCUT2D eigenvalue weighted by Gasteiger charge is 2.09. The number of thioether (sulfide) groups is 1. The highest BCUT2D eigenvalue weighted by atomic mass is 32.2. The predicted octanol–water partition coefficient (Wildman–Crippen LogP) is 4.33. The molecule has 0 spiro atoms. The van der Waals surface area contributed by atoms with Gasteiger partial charge in [-0.2, -0.15) is 0 Å². The van der Waals surface area contributed by atoms with Crippen LogP contribution in [0.5, 0.6) is 0 Å². The Morgan fingerprint density at radius 2 is 1.47 bits per heavy atom. The third kappa shape index (κ3) is 2.34. The number of fused-ring (bicyclic) bond motifs is 1. The summed E-state index contributed by atoms with van der Waals surface area (Å²) in [5.74, 6) is 0. The van der Waals surface area contributed by atoms with E-state index in [0.717, 1.165) is 27.3 Å². The molecule has 1 aromatic heterocycles. The smallest absolute Gasteiger partial charge is 0.123 e. The van der Waals surface area contributed by atoms with E-state index in [-0.39, 0.29) is 0 Å². The Kier molecular flexibility index (Phi) is 3.22. The Hall–Kier alpha value is -1.87. The van der Waals surface area contributed by atoms with Gasteiger partial charge >= 0.3 is 0 Å². The number of nitrogens with zero attached hydrogens (tertiary/aromatic N) is 2. The van der Waals surface area contributed by atoms with E-state index < -0.39 is 0 Å². The quantitative estimate of drug-likeness (QED) is 0.646. The normalized spacial score (nSPS) is 10.8. The number of hydrogen-bond donors (Lipinski definition) is 0. The maximum atomic E-state index is 4.76. The van der Waals surface area contributed by atoms with Crippen molar-refractivity contribution in [3.63, 3.8) is 0 Å². The number of hydrogen-bond acceptors (Lipinski definition) is 3. The van der Waals surface area contributed by atoms with Gasteiger partial charge in [0.15, 0.2) is 0 Å². The molecule has 0 aliphatic heterocycles. The zero-order chi connectivity index (χ0) is 13.2. The minimum atomic E-state index is 0.941. The lowest BCUT2D eigenvalue weighted by Gasteiger charge is -2.08. The summed E-state index contributed by atoms with van der Waals surface area (Å²) in [5, 5.41) is 0.975. The predicted molar refractivity (Wildman–Crippen MR) is 81.5 cm³/mol. The van der Waals surface area contributed by atoms with Gasteiger partial charge in [-0.3, -0.25) is 0 Å². The fraction of sp³-hybridized carbons (Fsp3) is 0.125. The molecule has 0 bridgehead atoms. The molecular formula is C16H14N2S. The lowest BCUT2D eigenvalue weighted by molar-refractivity contribution is 1.13. The Labute approximate surface area is 116 Å². The van der Waals surface area contributed by atoms with Gasteiger partial charge in [-0.25, -0.2) is 9.97 Å². The van der Waals surface area contributed by atoms with Crippen LogP contribution in [0.3, 0.4) is 0 Å². The molecular weight excluding hydrogens is 252 g/mol. The highest BCUT2D eigenvalue weighted by Crippen LogP contribution is 2.29. The molecule has 0 radical (unpaired) electrons. The molecule has 2 aromatic carbocycles. The Balaban J connectivity index is 2.23. The zero-order valence-corrected chi connectivity index (χ0v) is 11.7. The molecule has 0 fully saturated rings. The van der Waals surface area contributed by atoms with E-state index in [1.165, 1.54) is 5.56 Å². The SMILES string of the molecule is CSc1nc2ccccc2nc1-c1ccc(C)cc1. The summed E-state index contributed by atoms with van der Waals surface area (Å²) < 4.78 is 0. The van der Waals surface area contributed by atoms with E-state index in [9.17, 15) is 0 Å². The summed E-state index contributed by atoms with van der Waals surface area (Å²) >= 11 is 1.64. The van der Waals surface area contributed by atoms with Crippen LogP contribution < -0.4 is 0 Å². The summed E-state index contributed by atoms with van der Waals surface area (Å²) in [7, 11) is 0. The number of para-hydroxylation sites is 2. The molecule has 0 atom stereocenters. The fourth-order valence-corrected chi connectivity index (χ4v) is 2.57. The van der Waals surface area contributed by atoms with Crippen LogP contribution in [0.1, 0.15) is 5.56 Å². The Morgan fingerprint density at radius 3 is 2.11 bits per heavy atom. The van der Waals surface area contributed by atoms with E-state index in [0.29, 0.717) is 0 Å². The lowest BCUT2D eigenvalue weighted by atomic mass is 10.1. The lowest BCUT2D eigenvalue weighted by Crippen LogP contribution is -1.93. The third-order valence-corrected chi connectivity index (χ3v) is 3.73. The van der Waals surface area contributed by atoms with Crippen LogP contribution >= 0.6 is 11.8 Å². The Bertz CT molecular complexity index is 720. The summed E-state index contributed by atoms with van der Waals surface area (Å²) in [4.78, 5) is 9.46. The molecule has 0 aliphatic rings. The topological polar surface area (TPSA) is 25.8 Å².